The number of fused-ring (bicyclic) bond motifs is 3. The van der Waals surface area contributed by atoms with Crippen LogP contribution in [0.15, 0.2) is 36.4 Å². The molecule has 90 valence electrons. The molecule has 1 aliphatic heterocycles. The first-order valence-electron chi connectivity index (χ1n) is 5.56. The van der Waals surface area contributed by atoms with Crippen molar-refractivity contribution in [3.63, 3.8) is 0 Å². The smallest absolute Gasteiger partial charge is 0.315 e. The monoisotopic (exact) mass is 241 g/mol. The Labute approximate surface area is 104 Å². The molecule has 0 aromatic heterocycles. The van der Waals surface area contributed by atoms with Gasteiger partial charge in [0.2, 0.25) is 0 Å². The highest BCUT2D eigenvalue weighted by molar-refractivity contribution is 5.87. The Hall–Kier alpha value is -2.49. The van der Waals surface area contributed by atoms with Crippen LogP contribution >= 0.6 is 0 Å². The fourth-order valence-electron chi connectivity index (χ4n) is 2.15. The summed E-state index contributed by atoms with van der Waals surface area (Å²) in [4.78, 5) is 11.7. The molecule has 0 saturated heterocycles. The summed E-state index contributed by atoms with van der Waals surface area (Å²) in [5.74, 6) is 0.246. The van der Waals surface area contributed by atoms with Gasteiger partial charge in [-0.1, -0.05) is 6.07 Å². The van der Waals surface area contributed by atoms with Crippen molar-refractivity contribution in [2.24, 2.45) is 0 Å². The van der Waals surface area contributed by atoms with E-state index in [-0.39, 0.29) is 18.1 Å². The highest BCUT2D eigenvalue weighted by atomic mass is 16.5. The van der Waals surface area contributed by atoms with E-state index in [1.54, 1.807) is 30.3 Å². The third-order valence-electron chi connectivity index (χ3n) is 2.94. The molecule has 1 heterocycles. The Morgan fingerprint density at radius 1 is 1.11 bits per heavy atom. The molecule has 0 atom stereocenters. The van der Waals surface area contributed by atoms with E-state index in [0.29, 0.717) is 11.4 Å². The predicted molar refractivity (Wildman–Crippen MR) is 67.3 cm³/mol. The number of benzene rings is 2. The molecule has 4 heteroatoms. The minimum absolute atomic E-state index is 0.137. The number of rotatable bonds is 0. The Kier molecular flexibility index (Phi) is 2.23. The van der Waals surface area contributed by atoms with Crippen LogP contribution in [0.1, 0.15) is 5.56 Å². The number of aromatic hydroxyl groups is 1. The van der Waals surface area contributed by atoms with Gasteiger partial charge in [-0.05, 0) is 35.4 Å². The van der Waals surface area contributed by atoms with Crippen LogP contribution in [0.4, 0.5) is 5.69 Å². The van der Waals surface area contributed by atoms with Crippen molar-refractivity contribution >= 4 is 11.7 Å². The first kappa shape index (κ1) is 10.7. The summed E-state index contributed by atoms with van der Waals surface area (Å²) < 4.78 is 5.26. The van der Waals surface area contributed by atoms with Crippen molar-refractivity contribution < 1.29 is 14.6 Å². The quantitative estimate of drug-likeness (QED) is 0.421. The molecule has 0 saturated carbocycles. The minimum atomic E-state index is -0.355. The van der Waals surface area contributed by atoms with Gasteiger partial charge in [0, 0.05) is 17.3 Å². The summed E-state index contributed by atoms with van der Waals surface area (Å²) in [7, 11) is 0. The van der Waals surface area contributed by atoms with E-state index in [1.807, 2.05) is 6.07 Å². The van der Waals surface area contributed by atoms with Crippen LogP contribution in [0.25, 0.3) is 11.1 Å². The largest absolute Gasteiger partial charge is 0.508 e. The van der Waals surface area contributed by atoms with Crippen molar-refractivity contribution in [3.8, 4) is 22.6 Å². The number of ether oxygens (including phenoxy) is 1. The number of nitrogen functional groups attached to an aromatic ring is 1. The Morgan fingerprint density at radius 2 is 1.89 bits per heavy atom. The molecule has 4 nitrogen and oxygen atoms in total. The molecule has 18 heavy (non-hydrogen) atoms. The third kappa shape index (κ3) is 1.68. The Bertz CT molecular complexity index is 594. The molecule has 0 unspecified atom stereocenters. The number of hydrogen-bond acceptors (Lipinski definition) is 4. The lowest BCUT2D eigenvalue weighted by Crippen LogP contribution is -2.09. The topological polar surface area (TPSA) is 72.5 Å². The maximum atomic E-state index is 11.7. The van der Waals surface area contributed by atoms with Gasteiger partial charge in [0.25, 0.3) is 0 Å². The van der Waals surface area contributed by atoms with Crippen LogP contribution < -0.4 is 10.5 Å². The number of nitrogens with two attached hydrogens (primary N) is 1. The lowest BCUT2D eigenvalue weighted by molar-refractivity contribution is -0.133. The van der Waals surface area contributed by atoms with Crippen molar-refractivity contribution in [2.75, 3.05) is 5.73 Å². The number of phenolic OH excluding ortho intramolecular Hbond substituents is 1. The molecule has 3 rings (SSSR count). The van der Waals surface area contributed by atoms with Crippen LogP contribution in [0.2, 0.25) is 0 Å². The number of esters is 1. The maximum absolute atomic E-state index is 11.7. The Balaban J connectivity index is 2.28. The number of anilines is 1. The van der Waals surface area contributed by atoms with E-state index in [2.05, 4.69) is 0 Å². The number of hydrogen-bond donors (Lipinski definition) is 2. The second-order valence-corrected chi connectivity index (χ2v) is 4.25. The van der Waals surface area contributed by atoms with Gasteiger partial charge < -0.3 is 15.6 Å². The molecule has 3 N–H and O–H groups in total. The van der Waals surface area contributed by atoms with Crippen molar-refractivity contribution in [1.29, 1.82) is 0 Å². The summed E-state index contributed by atoms with van der Waals surface area (Å²) in [6.07, 6.45) is 0.137. The second-order valence-electron chi connectivity index (χ2n) is 4.25. The zero-order chi connectivity index (χ0) is 12.7. The first-order chi connectivity index (χ1) is 8.63. The molecule has 1 aliphatic rings. The highest BCUT2D eigenvalue weighted by Crippen LogP contribution is 2.37. The molecule has 2 aromatic rings. The van der Waals surface area contributed by atoms with Gasteiger partial charge in [0.15, 0.2) is 0 Å². The van der Waals surface area contributed by atoms with E-state index in [0.717, 1.165) is 16.7 Å². The summed E-state index contributed by atoms with van der Waals surface area (Å²) in [5, 5.41) is 9.49. The number of phenols is 1. The van der Waals surface area contributed by atoms with E-state index in [4.69, 9.17) is 10.5 Å². The molecule has 0 radical (unpaired) electrons. The summed E-state index contributed by atoms with van der Waals surface area (Å²) in [5.41, 5.74) is 8.68. The molecule has 0 bridgehead atoms. The van der Waals surface area contributed by atoms with Gasteiger partial charge in [0.1, 0.15) is 11.5 Å². The summed E-state index contributed by atoms with van der Waals surface area (Å²) >= 11 is 0. The van der Waals surface area contributed by atoms with Crippen LogP contribution in [-0.4, -0.2) is 11.1 Å². The Morgan fingerprint density at radius 3 is 2.72 bits per heavy atom. The van der Waals surface area contributed by atoms with Gasteiger partial charge in [-0.15, -0.1) is 0 Å². The summed E-state index contributed by atoms with van der Waals surface area (Å²) in [6, 6.07) is 10.2. The lowest BCUT2D eigenvalue weighted by atomic mass is 9.97. The number of carbonyl (C=O) groups is 1. The minimum Gasteiger partial charge on any atom is -0.508 e. The van der Waals surface area contributed by atoms with E-state index < -0.39 is 0 Å². The molecule has 0 fully saturated rings. The molecule has 2 aromatic carbocycles. The molecular weight excluding hydrogens is 230 g/mol. The second kappa shape index (κ2) is 3.77. The van der Waals surface area contributed by atoms with Crippen molar-refractivity contribution in [1.82, 2.24) is 0 Å². The zero-order valence-corrected chi connectivity index (χ0v) is 9.51. The van der Waals surface area contributed by atoms with E-state index in [9.17, 15) is 9.90 Å². The average Bonchev–Trinajstić information content (AvgIpc) is 2.42. The van der Waals surface area contributed by atoms with Crippen molar-refractivity contribution in [3.05, 3.63) is 42.0 Å². The fraction of sp³-hybridized carbons (Fsp3) is 0.0714. The maximum Gasteiger partial charge on any atom is 0.315 e. The molecule has 0 spiro atoms. The van der Waals surface area contributed by atoms with Gasteiger partial charge in [-0.3, -0.25) is 4.79 Å². The molecule has 0 amide bonds. The van der Waals surface area contributed by atoms with Gasteiger partial charge >= 0.3 is 5.97 Å². The lowest BCUT2D eigenvalue weighted by Gasteiger charge is -2.08. The van der Waals surface area contributed by atoms with Crippen LogP contribution in [0.3, 0.4) is 0 Å². The van der Waals surface area contributed by atoms with Gasteiger partial charge in [0.05, 0.1) is 6.42 Å². The highest BCUT2D eigenvalue weighted by Gasteiger charge is 2.20. The number of carbonyl (C=O) groups excluding carboxylic acids is 1. The molecule has 0 aliphatic carbocycles. The normalized spacial score (nSPS) is 13.2. The predicted octanol–water partition coefficient (Wildman–Crippen LogP) is 2.10. The van der Waals surface area contributed by atoms with Crippen LogP contribution in [-0.2, 0) is 11.2 Å². The zero-order valence-electron chi connectivity index (χ0n) is 9.51. The fourth-order valence-corrected chi connectivity index (χ4v) is 2.15. The van der Waals surface area contributed by atoms with E-state index >= 15 is 0 Å². The van der Waals surface area contributed by atoms with Gasteiger partial charge in [-0.25, -0.2) is 0 Å². The third-order valence-corrected chi connectivity index (χ3v) is 2.94. The molecular formula is C14H11NO3. The van der Waals surface area contributed by atoms with E-state index in [1.165, 1.54) is 0 Å². The average molecular weight is 241 g/mol. The van der Waals surface area contributed by atoms with Crippen LogP contribution in [0.5, 0.6) is 11.5 Å². The van der Waals surface area contributed by atoms with Gasteiger partial charge in [-0.2, -0.15) is 0 Å². The standard InChI is InChI=1S/C14H11NO3/c15-9-1-3-12-11-4-2-10(16)5-8(11)6-14(17)18-13(12)7-9/h1-5,7,16H,6,15H2. The summed E-state index contributed by atoms with van der Waals surface area (Å²) in [6.45, 7) is 0. The van der Waals surface area contributed by atoms with Crippen molar-refractivity contribution in [2.45, 2.75) is 6.42 Å². The van der Waals surface area contributed by atoms with Crippen LogP contribution in [0, 0.1) is 0 Å². The SMILES string of the molecule is Nc1ccc2c(c1)OC(=O)Cc1cc(O)ccc1-2. The first-order valence-corrected chi connectivity index (χ1v) is 5.56.